The molecule has 0 heterocycles. The lowest BCUT2D eigenvalue weighted by Gasteiger charge is -2.44. The van der Waals surface area contributed by atoms with Crippen LogP contribution in [0.1, 0.15) is 110 Å². The molecule has 1 fully saturated rings. The molecule has 1 aliphatic carbocycles. The zero-order chi connectivity index (χ0) is 89.4. The summed E-state index contributed by atoms with van der Waals surface area (Å²) >= 11 is 0. The summed E-state index contributed by atoms with van der Waals surface area (Å²) in [5.41, 5.74) is -9.52. The Morgan fingerprint density at radius 3 is 0.598 bits per heavy atom. The molecule has 25 N–H and O–H groups in total. The number of phenols is 25. The van der Waals surface area contributed by atoms with Crippen molar-refractivity contribution in [1.29, 1.82) is 0 Å². The standard InChI is InChI=1S/C77H54O45/c78-34-1-23(2-35(79)55(34)93)69(104)114-49-16-28(11-44(88)60(49)98)68(103)113-22-33-21-54(119-74(109)29-12-45(89)61(99)50(17-29)115-70(105)24-3-36(80)56(94)37(81)4-24)66(121-76(111)31-14-47(91)63(101)52(19-31)117-72(107)26-7-40(84)58(96)41(85)8-26)67(122-77(112)32-15-48(92)64(102)53(20-32)118-73(108)27-9-42(86)59(97)43(87)10-27)65(33)120-75(110)30-13-46(90)62(100)51(18-30)116-71(106)25-5-38(82)57(95)39(83)6-25/h1-20,33,54,65-67,78-102H,21-22H2/t33-,54-,65-,66+,67+/m1/s1. The highest BCUT2D eigenvalue weighted by atomic mass is 16.6. The van der Waals surface area contributed by atoms with Crippen LogP contribution < -0.4 is 23.7 Å². The quantitative estimate of drug-likeness (QED) is 0.0183. The Kier molecular flexibility index (Phi) is 23.2. The van der Waals surface area contributed by atoms with E-state index < -0.39 is 331 Å². The summed E-state index contributed by atoms with van der Waals surface area (Å²) < 4.78 is 55.1. The van der Waals surface area contributed by atoms with Crippen LogP contribution in [0.15, 0.2) is 121 Å². The Morgan fingerprint density at radius 1 is 0.205 bits per heavy atom. The van der Waals surface area contributed by atoms with E-state index in [4.69, 9.17) is 47.4 Å². The lowest BCUT2D eigenvalue weighted by molar-refractivity contribution is -0.170. The fraction of sp³-hybridized carbons (Fsp3) is 0.0909. The Labute approximate surface area is 673 Å². The lowest BCUT2D eigenvalue weighted by Crippen LogP contribution is -2.60. The Hall–Kier alpha value is -18.1. The molecule has 10 aromatic rings. The van der Waals surface area contributed by atoms with Crippen LogP contribution >= 0.6 is 0 Å². The highest BCUT2D eigenvalue weighted by Gasteiger charge is 2.54. The van der Waals surface area contributed by atoms with Crippen molar-refractivity contribution in [2.45, 2.75) is 30.8 Å². The van der Waals surface area contributed by atoms with Gasteiger partial charge in [0.15, 0.2) is 156 Å². The first-order valence-corrected chi connectivity index (χ1v) is 33.5. The number of hydrogen-bond acceptors (Lipinski definition) is 45. The average molecular weight is 1700 g/mol. The van der Waals surface area contributed by atoms with Crippen LogP contribution in [0.25, 0.3) is 0 Å². The molecule has 0 spiro atoms. The Balaban J connectivity index is 1.09. The molecule has 5 atom stereocenters. The molecule has 0 bridgehead atoms. The molecule has 1 saturated carbocycles. The van der Waals surface area contributed by atoms with Gasteiger partial charge in [-0.05, 0) is 128 Å². The molecule has 45 nitrogen and oxygen atoms in total. The van der Waals surface area contributed by atoms with Gasteiger partial charge in [0.05, 0.1) is 62.2 Å². The van der Waals surface area contributed by atoms with E-state index in [2.05, 4.69) is 0 Å². The van der Waals surface area contributed by atoms with Gasteiger partial charge < -0.3 is 175 Å². The molecule has 10 aromatic carbocycles. The summed E-state index contributed by atoms with van der Waals surface area (Å²) in [6.07, 6.45) is -12.5. The second-order valence-corrected chi connectivity index (χ2v) is 25.6. The molecular formula is C77H54O45. The van der Waals surface area contributed by atoms with Gasteiger partial charge in [0.1, 0.15) is 12.2 Å². The minimum Gasteiger partial charge on any atom is -0.504 e. The molecule has 0 radical (unpaired) electrons. The van der Waals surface area contributed by atoms with Crippen molar-refractivity contribution in [3.8, 4) is 172 Å². The predicted octanol–water partition coefficient (Wildman–Crippen LogP) is 5.50. The van der Waals surface area contributed by atoms with E-state index in [9.17, 15) is 156 Å². The highest BCUT2D eigenvalue weighted by molar-refractivity contribution is 6.00. The van der Waals surface area contributed by atoms with Crippen LogP contribution in [0.5, 0.6) is 172 Å². The molecule has 45 heteroatoms. The van der Waals surface area contributed by atoms with E-state index in [0.29, 0.717) is 121 Å². The zero-order valence-electron chi connectivity index (χ0n) is 60.2. The monoisotopic (exact) mass is 1700 g/mol. The molecule has 0 amide bonds. The van der Waals surface area contributed by atoms with Gasteiger partial charge in [-0.15, -0.1) is 0 Å². The molecule has 632 valence electrons. The van der Waals surface area contributed by atoms with Gasteiger partial charge in [0.25, 0.3) is 0 Å². The predicted molar refractivity (Wildman–Crippen MR) is 386 cm³/mol. The van der Waals surface area contributed by atoms with Gasteiger partial charge in [-0.1, -0.05) is 0 Å². The summed E-state index contributed by atoms with van der Waals surface area (Å²) in [5, 5.41) is 262. The topological polar surface area (TPSA) is 769 Å². The number of hydrogen-bond donors (Lipinski definition) is 25. The number of carbonyl (C=O) groups excluding carboxylic acids is 10. The number of rotatable bonds is 21. The third kappa shape index (κ3) is 17.6. The van der Waals surface area contributed by atoms with Crippen molar-refractivity contribution in [2.24, 2.45) is 5.92 Å². The maximum atomic E-state index is 15.3. The highest BCUT2D eigenvalue weighted by Crippen LogP contribution is 2.48. The second kappa shape index (κ2) is 33.4. The van der Waals surface area contributed by atoms with Crippen LogP contribution in [0, 0.1) is 5.92 Å². The third-order valence-corrected chi connectivity index (χ3v) is 17.4. The van der Waals surface area contributed by atoms with Crippen molar-refractivity contribution in [2.75, 3.05) is 6.61 Å². The van der Waals surface area contributed by atoms with E-state index in [1.165, 1.54) is 0 Å². The first-order valence-electron chi connectivity index (χ1n) is 33.5. The van der Waals surface area contributed by atoms with Gasteiger partial charge in [0, 0.05) is 5.92 Å². The molecule has 0 aromatic heterocycles. The van der Waals surface area contributed by atoms with Crippen molar-refractivity contribution in [3.63, 3.8) is 0 Å². The third-order valence-electron chi connectivity index (χ3n) is 17.4. The smallest absolute Gasteiger partial charge is 0.343 e. The van der Waals surface area contributed by atoms with Crippen LogP contribution in [0.3, 0.4) is 0 Å². The second-order valence-electron chi connectivity index (χ2n) is 25.6. The number of ether oxygens (including phenoxy) is 10. The molecule has 1 aliphatic rings. The van der Waals surface area contributed by atoms with E-state index in [1.54, 1.807) is 0 Å². The zero-order valence-corrected chi connectivity index (χ0v) is 60.2. The van der Waals surface area contributed by atoms with Crippen molar-refractivity contribution in [1.82, 2.24) is 0 Å². The maximum Gasteiger partial charge on any atom is 0.343 e. The molecule has 0 unspecified atom stereocenters. The average Bonchev–Trinajstić information content (AvgIpc) is 0.764. The molecular weight excluding hydrogens is 1640 g/mol. The fourth-order valence-corrected chi connectivity index (χ4v) is 11.3. The van der Waals surface area contributed by atoms with Gasteiger partial charge in [0.2, 0.25) is 28.7 Å². The van der Waals surface area contributed by atoms with E-state index in [0.717, 1.165) is 0 Å². The molecule has 122 heavy (non-hydrogen) atoms. The maximum absolute atomic E-state index is 15.3. The lowest BCUT2D eigenvalue weighted by atomic mass is 9.80. The van der Waals surface area contributed by atoms with E-state index in [-0.39, 0.29) is 0 Å². The summed E-state index contributed by atoms with van der Waals surface area (Å²) in [4.78, 5) is 143. The fourth-order valence-electron chi connectivity index (χ4n) is 11.3. The minimum atomic E-state index is -2.99. The first kappa shape index (κ1) is 84.8. The van der Waals surface area contributed by atoms with Crippen molar-refractivity contribution < 1.29 is 223 Å². The summed E-state index contributed by atoms with van der Waals surface area (Å²) in [6, 6.07) is 9.12. The van der Waals surface area contributed by atoms with Gasteiger partial charge >= 0.3 is 59.7 Å². The first-order chi connectivity index (χ1) is 57.4. The number of esters is 10. The van der Waals surface area contributed by atoms with Crippen molar-refractivity contribution in [3.05, 3.63) is 177 Å². The SMILES string of the molecule is O=C(OC[C@H]1C[C@@H](OC(=O)c2cc(O)c(O)c(OC(=O)c3cc(O)c(O)c(O)c3)c2)[C@H](OC(=O)c2cc(O)c(O)c(OC(=O)c3cc(O)c(O)c(O)c3)c2)[C@@H](OC(=O)c2cc(O)c(O)c(OC(=O)c3cc(O)c(O)c(O)c3)c2)[C@@H]1OC(=O)c1cc(O)c(O)c(OC(=O)c2cc(O)c(O)c(O)c2)c1)c1cc(O)c(O)c(OC(=O)c2cc(O)c(O)c(O)c2)c1. The van der Waals surface area contributed by atoms with E-state index in [1.807, 2.05) is 0 Å². The molecule has 0 aliphatic heterocycles. The summed E-state index contributed by atoms with van der Waals surface area (Å²) in [5.74, 6) is -57.1. The number of benzene rings is 10. The van der Waals surface area contributed by atoms with Crippen LogP contribution in [-0.2, 0) is 23.7 Å². The van der Waals surface area contributed by atoms with Crippen LogP contribution in [0.4, 0.5) is 0 Å². The minimum absolute atomic E-state index is 0.326. The van der Waals surface area contributed by atoms with Crippen LogP contribution in [-0.4, -0.2) is 218 Å². The largest absolute Gasteiger partial charge is 0.504 e. The summed E-state index contributed by atoms with van der Waals surface area (Å²) in [7, 11) is 0. The van der Waals surface area contributed by atoms with Gasteiger partial charge in [-0.2, -0.15) is 0 Å². The molecule has 0 saturated heterocycles. The van der Waals surface area contributed by atoms with Crippen LogP contribution in [0.2, 0.25) is 0 Å². The van der Waals surface area contributed by atoms with Gasteiger partial charge in [-0.3, -0.25) is 0 Å². The van der Waals surface area contributed by atoms with Gasteiger partial charge in [-0.25, -0.2) is 47.9 Å². The normalized spacial score (nSPS) is 14.6. The number of aromatic hydroxyl groups is 25. The molecule has 11 rings (SSSR count). The van der Waals surface area contributed by atoms with E-state index >= 15 is 19.2 Å². The number of phenolic OH excluding ortho intramolecular Hbond substituents is 25. The summed E-state index contributed by atoms with van der Waals surface area (Å²) in [6.45, 7) is -1.49. The Morgan fingerprint density at radius 2 is 0.377 bits per heavy atom. The number of carbonyl (C=O) groups is 10. The van der Waals surface area contributed by atoms with Crippen molar-refractivity contribution >= 4 is 59.7 Å². The Bertz CT molecular complexity index is 5970.